The number of nitrogens with zero attached hydrogens (tertiary/aromatic N) is 2. The Morgan fingerprint density at radius 3 is 2.90 bits per heavy atom. The van der Waals surface area contributed by atoms with Crippen LogP contribution in [0.15, 0.2) is 30.5 Å². The van der Waals surface area contributed by atoms with E-state index in [-0.39, 0.29) is 29.3 Å². The highest BCUT2D eigenvalue weighted by molar-refractivity contribution is 6.32. The maximum Gasteiger partial charge on any atom is 0.263 e. The SMILES string of the molecule is CC(C)n1nccc1NC(=O)COc1ccc(F)cc1Cl. The summed E-state index contributed by atoms with van der Waals surface area (Å²) < 4.78 is 19.8. The van der Waals surface area contributed by atoms with Crippen LogP contribution < -0.4 is 10.1 Å². The van der Waals surface area contributed by atoms with Gasteiger partial charge in [0, 0.05) is 12.1 Å². The number of amides is 1. The van der Waals surface area contributed by atoms with E-state index in [9.17, 15) is 9.18 Å². The molecule has 0 aliphatic heterocycles. The zero-order valence-corrected chi connectivity index (χ0v) is 12.4. The van der Waals surface area contributed by atoms with Crippen molar-refractivity contribution < 1.29 is 13.9 Å². The van der Waals surface area contributed by atoms with E-state index in [4.69, 9.17) is 16.3 Å². The topological polar surface area (TPSA) is 56.2 Å². The highest BCUT2D eigenvalue weighted by Gasteiger charge is 2.11. The fourth-order valence-electron chi connectivity index (χ4n) is 1.74. The van der Waals surface area contributed by atoms with Crippen molar-refractivity contribution in [3.05, 3.63) is 41.3 Å². The van der Waals surface area contributed by atoms with Crippen LogP contribution >= 0.6 is 11.6 Å². The van der Waals surface area contributed by atoms with Crippen LogP contribution in [0.4, 0.5) is 10.2 Å². The van der Waals surface area contributed by atoms with Gasteiger partial charge in [-0.25, -0.2) is 9.07 Å². The van der Waals surface area contributed by atoms with E-state index in [1.54, 1.807) is 16.9 Å². The minimum atomic E-state index is -0.461. The molecule has 2 rings (SSSR count). The quantitative estimate of drug-likeness (QED) is 0.922. The van der Waals surface area contributed by atoms with E-state index < -0.39 is 5.82 Å². The van der Waals surface area contributed by atoms with Gasteiger partial charge < -0.3 is 10.1 Å². The molecule has 1 aromatic carbocycles. The molecule has 21 heavy (non-hydrogen) atoms. The summed E-state index contributed by atoms with van der Waals surface area (Å²) in [5.74, 6) is 0.0322. The Kier molecular flexibility index (Phi) is 4.80. The zero-order valence-electron chi connectivity index (χ0n) is 11.6. The summed E-state index contributed by atoms with van der Waals surface area (Å²) in [4.78, 5) is 11.8. The summed E-state index contributed by atoms with van der Waals surface area (Å²) in [6.45, 7) is 3.68. The molecule has 2 aromatic rings. The second-order valence-corrected chi connectivity index (χ2v) is 5.07. The first-order chi connectivity index (χ1) is 9.97. The van der Waals surface area contributed by atoms with Crippen LogP contribution in [0, 0.1) is 5.82 Å². The molecule has 112 valence electrons. The van der Waals surface area contributed by atoms with Gasteiger partial charge >= 0.3 is 0 Å². The molecule has 0 saturated heterocycles. The summed E-state index contributed by atoms with van der Waals surface area (Å²) >= 11 is 5.81. The second-order valence-electron chi connectivity index (χ2n) is 4.67. The van der Waals surface area contributed by atoms with Crippen molar-refractivity contribution in [1.82, 2.24) is 9.78 Å². The fourth-order valence-corrected chi connectivity index (χ4v) is 1.96. The van der Waals surface area contributed by atoms with Crippen LogP contribution in [0.5, 0.6) is 5.75 Å². The Morgan fingerprint density at radius 1 is 1.48 bits per heavy atom. The number of nitrogens with one attached hydrogen (secondary N) is 1. The van der Waals surface area contributed by atoms with E-state index in [2.05, 4.69) is 10.4 Å². The summed E-state index contributed by atoms with van der Waals surface area (Å²) in [5.41, 5.74) is 0. The van der Waals surface area contributed by atoms with E-state index in [0.29, 0.717) is 5.82 Å². The number of carbonyl (C=O) groups excluding carboxylic acids is 1. The van der Waals surface area contributed by atoms with Gasteiger partial charge in [0.15, 0.2) is 6.61 Å². The third-order valence-corrected chi connectivity index (χ3v) is 2.97. The van der Waals surface area contributed by atoms with Gasteiger partial charge in [-0.3, -0.25) is 4.79 Å². The lowest BCUT2D eigenvalue weighted by Crippen LogP contribution is -2.22. The molecular formula is C14H15ClFN3O2. The minimum absolute atomic E-state index is 0.120. The number of rotatable bonds is 5. The van der Waals surface area contributed by atoms with E-state index >= 15 is 0 Å². The smallest absolute Gasteiger partial charge is 0.263 e. The molecule has 0 atom stereocenters. The molecule has 0 aliphatic carbocycles. The molecular weight excluding hydrogens is 297 g/mol. The third kappa shape index (κ3) is 3.95. The van der Waals surface area contributed by atoms with E-state index in [0.717, 1.165) is 6.07 Å². The average Bonchev–Trinajstić information content (AvgIpc) is 2.86. The number of aromatic nitrogens is 2. The lowest BCUT2D eigenvalue weighted by molar-refractivity contribution is -0.118. The van der Waals surface area contributed by atoms with Crippen LogP contribution in [0.2, 0.25) is 5.02 Å². The molecule has 0 spiro atoms. The molecule has 1 aromatic heterocycles. The van der Waals surface area contributed by atoms with Gasteiger partial charge in [0.05, 0.1) is 11.2 Å². The Hall–Kier alpha value is -2.08. The molecule has 5 nitrogen and oxygen atoms in total. The van der Waals surface area contributed by atoms with Crippen molar-refractivity contribution in [1.29, 1.82) is 0 Å². The number of hydrogen-bond acceptors (Lipinski definition) is 3. The summed E-state index contributed by atoms with van der Waals surface area (Å²) in [5, 5.41) is 6.92. The number of halogens is 2. The molecule has 0 radical (unpaired) electrons. The normalized spacial score (nSPS) is 10.7. The zero-order chi connectivity index (χ0) is 15.4. The van der Waals surface area contributed by atoms with Crippen molar-refractivity contribution in [2.45, 2.75) is 19.9 Å². The van der Waals surface area contributed by atoms with Gasteiger partial charge in [-0.1, -0.05) is 11.6 Å². The van der Waals surface area contributed by atoms with Crippen molar-refractivity contribution in [2.24, 2.45) is 0 Å². The van der Waals surface area contributed by atoms with Crippen molar-refractivity contribution in [3.63, 3.8) is 0 Å². The summed E-state index contributed by atoms with van der Waals surface area (Å²) in [6.07, 6.45) is 1.60. The highest BCUT2D eigenvalue weighted by atomic mass is 35.5. The number of anilines is 1. The summed E-state index contributed by atoms with van der Waals surface area (Å²) in [6, 6.07) is 5.55. The number of carbonyl (C=O) groups is 1. The monoisotopic (exact) mass is 311 g/mol. The van der Waals surface area contributed by atoms with Crippen LogP contribution in [0.25, 0.3) is 0 Å². The molecule has 1 amide bonds. The van der Waals surface area contributed by atoms with Gasteiger partial charge in [0.25, 0.3) is 5.91 Å². The molecule has 1 heterocycles. The average molecular weight is 312 g/mol. The maximum atomic E-state index is 12.9. The molecule has 7 heteroatoms. The van der Waals surface area contributed by atoms with Crippen LogP contribution in [-0.4, -0.2) is 22.3 Å². The molecule has 0 unspecified atom stereocenters. The minimum Gasteiger partial charge on any atom is -0.482 e. The lowest BCUT2D eigenvalue weighted by Gasteiger charge is -2.12. The van der Waals surface area contributed by atoms with E-state index in [1.807, 2.05) is 13.8 Å². The van der Waals surface area contributed by atoms with E-state index in [1.165, 1.54) is 12.1 Å². The fraction of sp³-hybridized carbons (Fsp3) is 0.286. The standard InChI is InChI=1S/C14H15ClFN3O2/c1-9(2)19-13(5-6-17-19)18-14(20)8-21-12-4-3-10(16)7-11(12)15/h3-7,9H,8H2,1-2H3,(H,18,20). The first-order valence-corrected chi connectivity index (χ1v) is 6.76. The Morgan fingerprint density at radius 2 is 2.24 bits per heavy atom. The van der Waals surface area contributed by atoms with Gasteiger partial charge in [0.2, 0.25) is 0 Å². The molecule has 0 aliphatic rings. The first kappa shape index (κ1) is 15.3. The van der Waals surface area contributed by atoms with Crippen molar-refractivity contribution in [3.8, 4) is 5.75 Å². The van der Waals surface area contributed by atoms with Gasteiger partial charge in [-0.2, -0.15) is 5.10 Å². The number of ether oxygens (including phenoxy) is 1. The van der Waals surface area contributed by atoms with Crippen LogP contribution in [-0.2, 0) is 4.79 Å². The Balaban J connectivity index is 1.94. The number of hydrogen-bond donors (Lipinski definition) is 1. The number of benzene rings is 1. The molecule has 0 fully saturated rings. The van der Waals surface area contributed by atoms with Gasteiger partial charge in [0.1, 0.15) is 17.4 Å². The Bertz CT molecular complexity index is 643. The molecule has 1 N–H and O–H groups in total. The third-order valence-electron chi connectivity index (χ3n) is 2.68. The Labute approximate surface area is 126 Å². The van der Waals surface area contributed by atoms with Crippen molar-refractivity contribution in [2.75, 3.05) is 11.9 Å². The predicted octanol–water partition coefficient (Wildman–Crippen LogP) is 3.27. The lowest BCUT2D eigenvalue weighted by atomic mass is 10.3. The van der Waals surface area contributed by atoms with Gasteiger partial charge in [-0.05, 0) is 32.0 Å². The largest absolute Gasteiger partial charge is 0.482 e. The van der Waals surface area contributed by atoms with Gasteiger partial charge in [-0.15, -0.1) is 0 Å². The molecule has 0 saturated carbocycles. The highest BCUT2D eigenvalue weighted by Crippen LogP contribution is 2.24. The first-order valence-electron chi connectivity index (χ1n) is 6.38. The maximum absolute atomic E-state index is 12.9. The van der Waals surface area contributed by atoms with Crippen LogP contribution in [0.1, 0.15) is 19.9 Å². The van der Waals surface area contributed by atoms with Crippen LogP contribution in [0.3, 0.4) is 0 Å². The van der Waals surface area contributed by atoms with Crippen molar-refractivity contribution >= 4 is 23.3 Å². The predicted molar refractivity (Wildman–Crippen MR) is 78.1 cm³/mol. The summed E-state index contributed by atoms with van der Waals surface area (Å²) in [7, 11) is 0. The second kappa shape index (κ2) is 6.58. The molecule has 0 bridgehead atoms.